The first-order valence-electron chi connectivity index (χ1n) is 4.65. The third-order valence-electron chi connectivity index (χ3n) is 1.93. The lowest BCUT2D eigenvalue weighted by molar-refractivity contribution is 0.0254. The van der Waals surface area contributed by atoms with Crippen LogP contribution < -0.4 is 0 Å². The smallest absolute Gasteiger partial charge is 0.410 e. The predicted octanol–water partition coefficient (Wildman–Crippen LogP) is 2.10. The van der Waals surface area contributed by atoms with E-state index in [0.29, 0.717) is 0 Å². The van der Waals surface area contributed by atoms with Gasteiger partial charge in [-0.2, -0.15) is 0 Å². The molecule has 3 nitrogen and oxygen atoms in total. The molecular weight excluding hydrogens is 166 g/mol. The minimum atomic E-state index is -0.431. The molecule has 1 heterocycles. The average molecular weight is 183 g/mol. The van der Waals surface area contributed by atoms with Gasteiger partial charge in [0.05, 0.1) is 0 Å². The molecule has 1 amide bonds. The minimum absolute atomic E-state index is 0.158. The van der Waals surface area contributed by atoms with Crippen LogP contribution in [0.25, 0.3) is 0 Å². The van der Waals surface area contributed by atoms with Gasteiger partial charge in [-0.25, -0.2) is 4.79 Å². The van der Waals surface area contributed by atoms with Gasteiger partial charge in [-0.05, 0) is 40.5 Å². The van der Waals surface area contributed by atoms with Gasteiger partial charge in [-0.3, -0.25) is 0 Å². The van der Waals surface area contributed by atoms with E-state index in [1.54, 1.807) is 4.90 Å². The molecule has 3 heteroatoms. The number of nitrogens with zero attached hydrogens (tertiary/aromatic N) is 1. The van der Waals surface area contributed by atoms with E-state index < -0.39 is 5.60 Å². The summed E-state index contributed by atoms with van der Waals surface area (Å²) in [5.41, 5.74) is -0.431. The molecule has 1 aliphatic heterocycles. The molecule has 1 rings (SSSR count). The van der Waals surface area contributed by atoms with E-state index in [9.17, 15) is 4.79 Å². The molecule has 0 saturated carbocycles. The van der Waals surface area contributed by atoms with Gasteiger partial charge in [0.1, 0.15) is 5.60 Å². The standard InChI is InChI=1S/C10H17NO2/c1-8-6-5-7-11(8)9(12)13-10(2,3)4/h1,8H,5-7H2,2-4H3. The normalized spacial score (nSPS) is 23.4. The van der Waals surface area contributed by atoms with Crippen LogP contribution in [0.1, 0.15) is 33.6 Å². The Labute approximate surface area is 80.1 Å². The van der Waals surface area contributed by atoms with Crippen LogP contribution in [0, 0.1) is 6.92 Å². The number of amides is 1. The molecule has 13 heavy (non-hydrogen) atoms. The minimum Gasteiger partial charge on any atom is -0.444 e. The third-order valence-corrected chi connectivity index (χ3v) is 1.93. The molecule has 2 radical (unpaired) electrons. The van der Waals surface area contributed by atoms with Crippen molar-refractivity contribution < 1.29 is 9.53 Å². The molecule has 0 bridgehead atoms. The number of carbonyl (C=O) groups excluding carboxylic acids is 1. The van der Waals surface area contributed by atoms with Crippen LogP contribution in [0.4, 0.5) is 4.79 Å². The maximum absolute atomic E-state index is 11.5. The molecule has 74 valence electrons. The van der Waals surface area contributed by atoms with E-state index in [-0.39, 0.29) is 12.1 Å². The number of carbonyl (C=O) groups is 1. The fourth-order valence-corrected chi connectivity index (χ4v) is 1.34. The van der Waals surface area contributed by atoms with Crippen LogP contribution >= 0.6 is 0 Å². The second kappa shape index (κ2) is 3.56. The van der Waals surface area contributed by atoms with E-state index in [4.69, 9.17) is 11.7 Å². The van der Waals surface area contributed by atoms with Crippen LogP contribution in [-0.2, 0) is 4.74 Å². The summed E-state index contributed by atoms with van der Waals surface area (Å²) in [5, 5.41) is 0. The first kappa shape index (κ1) is 10.4. The van der Waals surface area contributed by atoms with Crippen molar-refractivity contribution in [3.8, 4) is 0 Å². The van der Waals surface area contributed by atoms with Gasteiger partial charge in [0.15, 0.2) is 0 Å². The highest BCUT2D eigenvalue weighted by molar-refractivity contribution is 5.69. The maximum Gasteiger partial charge on any atom is 0.410 e. The van der Waals surface area contributed by atoms with Crippen molar-refractivity contribution in [2.75, 3.05) is 6.54 Å². The summed E-state index contributed by atoms with van der Waals surface area (Å²) in [6, 6.07) is -0.158. The molecule has 0 aromatic carbocycles. The van der Waals surface area contributed by atoms with E-state index in [1.165, 1.54) is 0 Å². The van der Waals surface area contributed by atoms with E-state index in [0.717, 1.165) is 19.4 Å². The topological polar surface area (TPSA) is 29.5 Å². The highest BCUT2D eigenvalue weighted by atomic mass is 16.6. The summed E-state index contributed by atoms with van der Waals surface area (Å²) in [4.78, 5) is 13.1. The first-order valence-corrected chi connectivity index (χ1v) is 4.65. The van der Waals surface area contributed by atoms with E-state index in [1.807, 2.05) is 20.8 Å². The van der Waals surface area contributed by atoms with Gasteiger partial charge in [0.2, 0.25) is 0 Å². The Balaban J connectivity index is 2.48. The third kappa shape index (κ3) is 2.90. The van der Waals surface area contributed by atoms with Gasteiger partial charge >= 0.3 is 6.09 Å². The lowest BCUT2D eigenvalue weighted by atomic mass is 10.2. The summed E-state index contributed by atoms with van der Waals surface area (Å²) in [7, 11) is 0. The fraction of sp³-hybridized carbons (Fsp3) is 0.800. The molecule has 0 N–H and O–H groups in total. The van der Waals surface area contributed by atoms with E-state index in [2.05, 4.69) is 0 Å². The first-order chi connectivity index (χ1) is 5.90. The van der Waals surface area contributed by atoms with Crippen LogP contribution in [-0.4, -0.2) is 29.2 Å². The summed E-state index contributed by atoms with van der Waals surface area (Å²) >= 11 is 0. The molecule has 1 atom stereocenters. The molecule has 0 aliphatic carbocycles. The predicted molar refractivity (Wildman–Crippen MR) is 50.3 cm³/mol. The summed E-state index contributed by atoms with van der Waals surface area (Å²) < 4.78 is 5.20. The molecule has 1 saturated heterocycles. The van der Waals surface area contributed by atoms with Crippen molar-refractivity contribution in [3.05, 3.63) is 6.92 Å². The van der Waals surface area contributed by atoms with Gasteiger partial charge in [0.25, 0.3) is 0 Å². The van der Waals surface area contributed by atoms with Crippen LogP contribution in [0.5, 0.6) is 0 Å². The Bertz CT molecular complexity index is 196. The quantitative estimate of drug-likeness (QED) is 0.575. The van der Waals surface area contributed by atoms with Crippen molar-refractivity contribution in [1.82, 2.24) is 4.90 Å². The Hall–Kier alpha value is -0.730. The second-order valence-electron chi connectivity index (χ2n) is 4.38. The zero-order valence-corrected chi connectivity index (χ0v) is 8.54. The van der Waals surface area contributed by atoms with Crippen LogP contribution in [0.2, 0.25) is 0 Å². The largest absolute Gasteiger partial charge is 0.444 e. The fourth-order valence-electron chi connectivity index (χ4n) is 1.34. The lowest BCUT2D eigenvalue weighted by Gasteiger charge is -2.26. The zero-order chi connectivity index (χ0) is 10.1. The lowest BCUT2D eigenvalue weighted by Crippen LogP contribution is -2.38. The van der Waals surface area contributed by atoms with Crippen LogP contribution in [0.3, 0.4) is 0 Å². The van der Waals surface area contributed by atoms with Crippen molar-refractivity contribution in [2.24, 2.45) is 0 Å². The average Bonchev–Trinajstić information content (AvgIpc) is 2.30. The Morgan fingerprint density at radius 2 is 2.15 bits per heavy atom. The molecule has 1 fully saturated rings. The van der Waals surface area contributed by atoms with E-state index >= 15 is 0 Å². The second-order valence-corrected chi connectivity index (χ2v) is 4.38. The van der Waals surface area contributed by atoms with Crippen molar-refractivity contribution >= 4 is 6.09 Å². The SMILES string of the molecule is [CH]C1CCCN1C(=O)OC(C)(C)C. The maximum atomic E-state index is 11.5. The summed E-state index contributed by atoms with van der Waals surface area (Å²) in [6.07, 6.45) is 1.55. The Kier molecular flexibility index (Phi) is 2.84. The molecule has 0 spiro atoms. The van der Waals surface area contributed by atoms with Gasteiger partial charge in [-0.15, -0.1) is 0 Å². The Morgan fingerprint density at radius 3 is 2.54 bits per heavy atom. The summed E-state index contributed by atoms with van der Waals surface area (Å²) in [5.74, 6) is 0. The molecule has 0 aromatic rings. The zero-order valence-electron chi connectivity index (χ0n) is 8.54. The van der Waals surface area contributed by atoms with Gasteiger partial charge in [0, 0.05) is 12.6 Å². The van der Waals surface area contributed by atoms with Gasteiger partial charge in [-0.1, -0.05) is 0 Å². The van der Waals surface area contributed by atoms with Crippen LogP contribution in [0.15, 0.2) is 0 Å². The molecule has 1 unspecified atom stereocenters. The summed E-state index contributed by atoms with van der Waals surface area (Å²) in [6.45, 7) is 12.0. The number of ether oxygens (including phenoxy) is 1. The molecular formula is C10H17NO2. The van der Waals surface area contributed by atoms with Gasteiger partial charge < -0.3 is 9.64 Å². The highest BCUT2D eigenvalue weighted by Crippen LogP contribution is 2.19. The highest BCUT2D eigenvalue weighted by Gasteiger charge is 2.29. The number of likely N-dealkylation sites (tertiary alicyclic amines) is 1. The number of hydrogen-bond acceptors (Lipinski definition) is 2. The molecule has 0 aromatic heterocycles. The monoisotopic (exact) mass is 183 g/mol. The molecule has 1 aliphatic rings. The van der Waals surface area contributed by atoms with Crippen molar-refractivity contribution in [1.29, 1.82) is 0 Å². The Morgan fingerprint density at radius 1 is 1.54 bits per heavy atom. The number of hydrogen-bond donors (Lipinski definition) is 0. The van der Waals surface area contributed by atoms with Crippen molar-refractivity contribution in [3.63, 3.8) is 0 Å². The van der Waals surface area contributed by atoms with Crippen molar-refractivity contribution in [2.45, 2.75) is 45.3 Å². The number of rotatable bonds is 0.